The van der Waals surface area contributed by atoms with Gasteiger partial charge in [0.1, 0.15) is 0 Å². The van der Waals surface area contributed by atoms with Gasteiger partial charge in [-0.3, -0.25) is 0 Å². The van der Waals surface area contributed by atoms with Gasteiger partial charge in [0.05, 0.1) is 0 Å². The first kappa shape index (κ1) is 17.1. The van der Waals surface area contributed by atoms with Crippen molar-refractivity contribution >= 4 is 0 Å². The standard InChI is InChI=1S/C18H29NO3/c1-3-10-22-11-9-14(4-2)19-15-6-7-16-13(12-15)5-8-17(20)18(16)21/h5,8,14-15,19-21H,3-4,6-7,9-12H2,1-2H3. The Labute approximate surface area is 133 Å². The third kappa shape index (κ3) is 4.37. The Morgan fingerprint density at radius 3 is 2.82 bits per heavy atom. The lowest BCUT2D eigenvalue weighted by atomic mass is 9.87. The predicted octanol–water partition coefficient (Wildman–Crippen LogP) is 3.14. The average Bonchev–Trinajstić information content (AvgIpc) is 2.54. The molecule has 1 aromatic rings. The van der Waals surface area contributed by atoms with Crippen molar-refractivity contribution in [3.8, 4) is 11.5 Å². The van der Waals surface area contributed by atoms with Gasteiger partial charge in [-0.25, -0.2) is 0 Å². The van der Waals surface area contributed by atoms with Crippen LogP contribution in [0.4, 0.5) is 0 Å². The molecule has 0 amide bonds. The van der Waals surface area contributed by atoms with Gasteiger partial charge in [0.15, 0.2) is 11.5 Å². The molecular weight excluding hydrogens is 278 g/mol. The van der Waals surface area contributed by atoms with Crippen molar-refractivity contribution in [1.82, 2.24) is 5.32 Å². The number of ether oxygens (including phenoxy) is 1. The highest BCUT2D eigenvalue weighted by Gasteiger charge is 2.23. The molecule has 3 N–H and O–H groups in total. The van der Waals surface area contributed by atoms with Crippen molar-refractivity contribution in [3.05, 3.63) is 23.3 Å². The van der Waals surface area contributed by atoms with E-state index in [9.17, 15) is 10.2 Å². The first-order chi connectivity index (χ1) is 10.7. The van der Waals surface area contributed by atoms with Gasteiger partial charge in [0, 0.05) is 30.9 Å². The van der Waals surface area contributed by atoms with Gasteiger partial charge >= 0.3 is 0 Å². The molecule has 2 atom stereocenters. The molecule has 0 saturated heterocycles. The van der Waals surface area contributed by atoms with Crippen LogP contribution in [-0.4, -0.2) is 35.5 Å². The zero-order valence-corrected chi connectivity index (χ0v) is 13.8. The predicted molar refractivity (Wildman–Crippen MR) is 88.5 cm³/mol. The van der Waals surface area contributed by atoms with Gasteiger partial charge in [-0.2, -0.15) is 0 Å². The molecular formula is C18H29NO3. The van der Waals surface area contributed by atoms with Crippen molar-refractivity contribution < 1.29 is 14.9 Å². The smallest absolute Gasteiger partial charge is 0.160 e. The monoisotopic (exact) mass is 307 g/mol. The summed E-state index contributed by atoms with van der Waals surface area (Å²) in [6.45, 7) is 5.99. The van der Waals surface area contributed by atoms with E-state index in [4.69, 9.17) is 4.74 Å². The summed E-state index contributed by atoms with van der Waals surface area (Å²) >= 11 is 0. The van der Waals surface area contributed by atoms with E-state index >= 15 is 0 Å². The third-order valence-electron chi connectivity index (χ3n) is 4.49. The molecule has 1 aliphatic rings. The summed E-state index contributed by atoms with van der Waals surface area (Å²) in [7, 11) is 0. The van der Waals surface area contributed by atoms with Crippen LogP contribution in [0.25, 0.3) is 0 Å². The van der Waals surface area contributed by atoms with Crippen LogP contribution >= 0.6 is 0 Å². The molecule has 2 unspecified atom stereocenters. The van der Waals surface area contributed by atoms with Crippen LogP contribution in [0.3, 0.4) is 0 Å². The van der Waals surface area contributed by atoms with Crippen LogP contribution in [-0.2, 0) is 17.6 Å². The lowest BCUT2D eigenvalue weighted by Gasteiger charge is -2.30. The van der Waals surface area contributed by atoms with Gasteiger partial charge in [-0.15, -0.1) is 0 Å². The maximum Gasteiger partial charge on any atom is 0.160 e. The van der Waals surface area contributed by atoms with Gasteiger partial charge in [0.2, 0.25) is 0 Å². The molecule has 4 nitrogen and oxygen atoms in total. The van der Waals surface area contributed by atoms with Crippen molar-refractivity contribution in [3.63, 3.8) is 0 Å². The quantitative estimate of drug-likeness (QED) is 0.510. The minimum atomic E-state index is -0.00957. The number of aromatic hydroxyl groups is 2. The molecule has 0 aromatic heterocycles. The Kier molecular flexibility index (Phi) is 6.52. The molecule has 2 rings (SSSR count). The second kappa shape index (κ2) is 8.39. The number of benzene rings is 1. The zero-order chi connectivity index (χ0) is 15.9. The van der Waals surface area contributed by atoms with Gasteiger partial charge in [0.25, 0.3) is 0 Å². The summed E-state index contributed by atoms with van der Waals surface area (Å²) < 4.78 is 5.59. The summed E-state index contributed by atoms with van der Waals surface area (Å²) in [5, 5.41) is 23.3. The van der Waals surface area contributed by atoms with Gasteiger partial charge in [-0.1, -0.05) is 19.9 Å². The van der Waals surface area contributed by atoms with Gasteiger partial charge < -0.3 is 20.3 Å². The van der Waals surface area contributed by atoms with Crippen molar-refractivity contribution in [1.29, 1.82) is 0 Å². The Morgan fingerprint density at radius 2 is 2.09 bits per heavy atom. The van der Waals surface area contributed by atoms with Crippen LogP contribution in [0.15, 0.2) is 12.1 Å². The minimum absolute atomic E-state index is 0.00957. The maximum atomic E-state index is 9.94. The number of rotatable bonds is 8. The second-order valence-electron chi connectivity index (χ2n) is 6.18. The van der Waals surface area contributed by atoms with E-state index in [0.717, 1.165) is 62.9 Å². The third-order valence-corrected chi connectivity index (χ3v) is 4.49. The van der Waals surface area contributed by atoms with E-state index < -0.39 is 0 Å². The zero-order valence-electron chi connectivity index (χ0n) is 13.8. The number of hydrogen-bond acceptors (Lipinski definition) is 4. The molecule has 0 radical (unpaired) electrons. The Balaban J connectivity index is 1.87. The topological polar surface area (TPSA) is 61.7 Å². The first-order valence-corrected chi connectivity index (χ1v) is 8.52. The van der Waals surface area contributed by atoms with E-state index in [0.29, 0.717) is 12.1 Å². The number of phenolic OH excluding ortho intramolecular Hbond substituents is 2. The molecule has 124 valence electrons. The summed E-state index contributed by atoms with van der Waals surface area (Å²) in [6.07, 6.45) is 5.93. The van der Waals surface area contributed by atoms with Crippen LogP contribution in [0, 0.1) is 0 Å². The number of phenols is 2. The first-order valence-electron chi connectivity index (χ1n) is 8.52. The summed E-state index contributed by atoms with van der Waals surface area (Å²) in [6, 6.07) is 4.44. The molecule has 0 aliphatic heterocycles. The van der Waals surface area contributed by atoms with Crippen LogP contribution in [0.1, 0.15) is 50.7 Å². The Hall–Kier alpha value is -1.26. The molecule has 0 saturated carbocycles. The highest BCUT2D eigenvalue weighted by Crippen LogP contribution is 2.35. The minimum Gasteiger partial charge on any atom is -0.504 e. The van der Waals surface area contributed by atoms with Gasteiger partial charge in [-0.05, 0) is 50.2 Å². The van der Waals surface area contributed by atoms with Crippen molar-refractivity contribution in [2.75, 3.05) is 13.2 Å². The maximum absolute atomic E-state index is 9.94. The molecule has 1 aromatic carbocycles. The highest BCUT2D eigenvalue weighted by atomic mass is 16.5. The largest absolute Gasteiger partial charge is 0.504 e. The van der Waals surface area contributed by atoms with Crippen molar-refractivity contribution in [2.24, 2.45) is 0 Å². The van der Waals surface area contributed by atoms with E-state index in [1.54, 1.807) is 6.07 Å². The van der Waals surface area contributed by atoms with Crippen LogP contribution in [0.2, 0.25) is 0 Å². The number of nitrogens with one attached hydrogen (secondary N) is 1. The number of fused-ring (bicyclic) bond motifs is 1. The lowest BCUT2D eigenvalue weighted by molar-refractivity contribution is 0.122. The molecule has 0 fully saturated rings. The summed E-state index contributed by atoms with van der Waals surface area (Å²) in [5.74, 6) is 0.0561. The molecule has 0 spiro atoms. The van der Waals surface area contributed by atoms with E-state index in [-0.39, 0.29) is 11.5 Å². The van der Waals surface area contributed by atoms with E-state index in [1.165, 1.54) is 0 Å². The molecule has 1 aliphatic carbocycles. The molecule has 22 heavy (non-hydrogen) atoms. The molecule has 0 bridgehead atoms. The SMILES string of the molecule is CCCOCCC(CC)NC1CCc2c(ccc(O)c2O)C1. The average molecular weight is 307 g/mol. The Morgan fingerprint density at radius 1 is 1.27 bits per heavy atom. The second-order valence-corrected chi connectivity index (χ2v) is 6.18. The fourth-order valence-corrected chi connectivity index (χ4v) is 3.17. The summed E-state index contributed by atoms with van der Waals surface area (Å²) in [4.78, 5) is 0. The van der Waals surface area contributed by atoms with Crippen LogP contribution in [0.5, 0.6) is 11.5 Å². The fraction of sp³-hybridized carbons (Fsp3) is 0.667. The van der Waals surface area contributed by atoms with E-state index in [1.807, 2.05) is 6.07 Å². The summed E-state index contributed by atoms with van der Waals surface area (Å²) in [5.41, 5.74) is 2.06. The normalized spacial score (nSPS) is 18.9. The van der Waals surface area contributed by atoms with Crippen LogP contribution < -0.4 is 5.32 Å². The number of hydrogen-bond donors (Lipinski definition) is 3. The highest BCUT2D eigenvalue weighted by molar-refractivity contribution is 5.50. The molecule has 4 heteroatoms. The van der Waals surface area contributed by atoms with E-state index in [2.05, 4.69) is 19.2 Å². The Bertz CT molecular complexity index is 476. The lowest BCUT2D eigenvalue weighted by Crippen LogP contribution is -2.41. The fourth-order valence-electron chi connectivity index (χ4n) is 3.17. The molecule has 0 heterocycles. The van der Waals surface area contributed by atoms with Crippen molar-refractivity contribution in [2.45, 2.75) is 64.5 Å².